The minimum absolute atomic E-state index is 0.149. The van der Waals surface area contributed by atoms with Gasteiger partial charge < -0.3 is 4.98 Å². The summed E-state index contributed by atoms with van der Waals surface area (Å²) in [5.41, 5.74) is 1.22. The third kappa shape index (κ3) is 2.98. The predicted octanol–water partition coefficient (Wildman–Crippen LogP) is 2.55. The molecule has 4 aromatic rings. The molecule has 0 saturated heterocycles. The van der Waals surface area contributed by atoms with E-state index in [0.29, 0.717) is 16.3 Å². The van der Waals surface area contributed by atoms with Gasteiger partial charge in [-0.15, -0.1) is 0 Å². The maximum Gasteiger partial charge on any atom is 0.256 e. The minimum Gasteiger partial charge on any atom is -0.321 e. The summed E-state index contributed by atoms with van der Waals surface area (Å²) >= 11 is 0. The fourth-order valence-electron chi connectivity index (χ4n) is 2.89. The lowest BCUT2D eigenvalue weighted by Gasteiger charge is -2.09. The number of hydrogen-bond donors (Lipinski definition) is 2. The lowest BCUT2D eigenvalue weighted by atomic mass is 10.1. The molecule has 2 N–H and O–H groups in total. The first kappa shape index (κ1) is 16.4. The largest absolute Gasteiger partial charge is 0.321 e. The van der Waals surface area contributed by atoms with Gasteiger partial charge in [0.25, 0.3) is 5.56 Å². The average Bonchev–Trinajstić information content (AvgIpc) is 2.67. The molecule has 0 aliphatic carbocycles. The molecule has 0 aliphatic heterocycles. The fraction of sp³-hybridized carbons (Fsp3) is 0.0526. The van der Waals surface area contributed by atoms with E-state index >= 15 is 0 Å². The summed E-state index contributed by atoms with van der Waals surface area (Å²) in [6.07, 6.45) is 3.23. The number of aromatic nitrogens is 2. The number of sulfonamides is 1. The number of rotatable bonds is 4. The minimum atomic E-state index is -3.69. The van der Waals surface area contributed by atoms with Gasteiger partial charge in [0, 0.05) is 35.2 Å². The van der Waals surface area contributed by atoms with E-state index < -0.39 is 10.0 Å². The van der Waals surface area contributed by atoms with Gasteiger partial charge in [0.1, 0.15) is 0 Å². The van der Waals surface area contributed by atoms with Crippen molar-refractivity contribution in [1.29, 1.82) is 0 Å². The molecule has 4 rings (SSSR count). The third-order valence-corrected chi connectivity index (χ3v) is 5.63. The topological polar surface area (TPSA) is 91.9 Å². The second-order valence-corrected chi connectivity index (χ2v) is 7.65. The van der Waals surface area contributed by atoms with Crippen molar-refractivity contribution in [2.24, 2.45) is 0 Å². The Morgan fingerprint density at radius 3 is 2.42 bits per heavy atom. The second kappa shape index (κ2) is 6.36. The number of pyridine rings is 2. The molecule has 6 nitrogen and oxygen atoms in total. The van der Waals surface area contributed by atoms with Crippen LogP contribution in [0.25, 0.3) is 21.7 Å². The number of aromatic amines is 1. The van der Waals surface area contributed by atoms with Crippen LogP contribution in [0.5, 0.6) is 0 Å². The summed E-state index contributed by atoms with van der Waals surface area (Å²) in [7, 11) is -3.69. The van der Waals surface area contributed by atoms with Crippen molar-refractivity contribution in [1.82, 2.24) is 14.7 Å². The predicted molar refractivity (Wildman–Crippen MR) is 100 cm³/mol. The fourth-order valence-corrected chi connectivity index (χ4v) is 3.93. The summed E-state index contributed by atoms with van der Waals surface area (Å²) in [6, 6.07) is 15.3. The van der Waals surface area contributed by atoms with Gasteiger partial charge in [0.15, 0.2) is 0 Å². The van der Waals surface area contributed by atoms with Gasteiger partial charge in [-0.1, -0.05) is 18.2 Å². The zero-order valence-corrected chi connectivity index (χ0v) is 14.5. The second-order valence-electron chi connectivity index (χ2n) is 5.89. The Hall–Kier alpha value is -3.03. The van der Waals surface area contributed by atoms with Gasteiger partial charge in [-0.3, -0.25) is 9.78 Å². The van der Waals surface area contributed by atoms with Crippen molar-refractivity contribution in [3.05, 3.63) is 82.9 Å². The molecule has 26 heavy (non-hydrogen) atoms. The van der Waals surface area contributed by atoms with Gasteiger partial charge in [0.2, 0.25) is 10.0 Å². The van der Waals surface area contributed by atoms with E-state index in [1.807, 2.05) is 12.1 Å². The van der Waals surface area contributed by atoms with Gasteiger partial charge in [0.05, 0.1) is 4.90 Å². The van der Waals surface area contributed by atoms with E-state index in [0.717, 1.165) is 10.9 Å². The highest BCUT2D eigenvalue weighted by Gasteiger charge is 2.15. The third-order valence-electron chi connectivity index (χ3n) is 4.23. The molecule has 0 bridgehead atoms. The smallest absolute Gasteiger partial charge is 0.256 e. The number of H-pyrrole nitrogens is 1. The average molecular weight is 365 g/mol. The Bertz CT molecular complexity index is 1270. The Labute approximate surface area is 149 Å². The summed E-state index contributed by atoms with van der Waals surface area (Å²) in [5, 5.41) is 1.93. The highest BCUT2D eigenvalue weighted by atomic mass is 32.2. The van der Waals surface area contributed by atoms with E-state index in [-0.39, 0.29) is 17.0 Å². The summed E-state index contributed by atoms with van der Waals surface area (Å²) in [6.45, 7) is 0.176. The van der Waals surface area contributed by atoms with E-state index in [9.17, 15) is 13.2 Å². The first-order valence-corrected chi connectivity index (χ1v) is 9.46. The van der Waals surface area contributed by atoms with Crippen molar-refractivity contribution in [2.75, 3.05) is 0 Å². The molecule has 0 amide bonds. The Morgan fingerprint density at radius 1 is 0.923 bits per heavy atom. The zero-order valence-electron chi connectivity index (χ0n) is 13.6. The normalized spacial score (nSPS) is 11.8. The number of hydrogen-bond acceptors (Lipinski definition) is 4. The summed E-state index contributed by atoms with van der Waals surface area (Å²) in [5.74, 6) is 0. The van der Waals surface area contributed by atoms with E-state index in [4.69, 9.17) is 0 Å². The van der Waals surface area contributed by atoms with E-state index in [1.54, 1.807) is 48.8 Å². The zero-order chi connectivity index (χ0) is 18.1. The monoisotopic (exact) mass is 365 g/mol. The van der Waals surface area contributed by atoms with Crippen LogP contribution >= 0.6 is 0 Å². The molecule has 2 aromatic carbocycles. The molecular formula is C19H15N3O3S. The molecule has 2 aromatic heterocycles. The SMILES string of the molecule is O=c1[nH]c2ccc(S(=O)(=O)NCc3ccncc3)cc2c2ccccc12. The Balaban J connectivity index is 1.78. The molecule has 0 aliphatic rings. The quantitative estimate of drug-likeness (QED) is 0.544. The Kier molecular flexibility index (Phi) is 4.02. The molecular weight excluding hydrogens is 350 g/mol. The van der Waals surface area contributed by atoms with Crippen LogP contribution in [0, 0.1) is 0 Å². The molecule has 2 heterocycles. The van der Waals surface area contributed by atoms with Gasteiger partial charge >= 0.3 is 0 Å². The van der Waals surface area contributed by atoms with Crippen molar-refractivity contribution in [3.63, 3.8) is 0 Å². The van der Waals surface area contributed by atoms with Crippen molar-refractivity contribution >= 4 is 31.7 Å². The van der Waals surface area contributed by atoms with Crippen molar-refractivity contribution in [3.8, 4) is 0 Å². The van der Waals surface area contributed by atoms with Crippen LogP contribution in [0.4, 0.5) is 0 Å². The molecule has 0 fully saturated rings. The van der Waals surface area contributed by atoms with Crippen LogP contribution in [0.15, 0.2) is 76.7 Å². The van der Waals surface area contributed by atoms with Crippen LogP contribution < -0.4 is 10.3 Å². The highest BCUT2D eigenvalue weighted by molar-refractivity contribution is 7.89. The van der Waals surface area contributed by atoms with E-state index in [2.05, 4.69) is 14.7 Å². The molecule has 0 spiro atoms. The van der Waals surface area contributed by atoms with Gasteiger partial charge in [-0.2, -0.15) is 0 Å². The standard InChI is InChI=1S/C19H15N3O3S/c23-19-16-4-2-1-3-15(16)17-11-14(5-6-18(17)22-19)26(24,25)21-12-13-7-9-20-10-8-13/h1-11,21H,12H2,(H,22,23). The number of nitrogens with one attached hydrogen (secondary N) is 2. The van der Waals surface area contributed by atoms with Crippen LogP contribution in [0.2, 0.25) is 0 Å². The van der Waals surface area contributed by atoms with Crippen LogP contribution in [0.3, 0.4) is 0 Å². The maximum atomic E-state index is 12.7. The number of nitrogens with zero attached hydrogens (tertiary/aromatic N) is 1. The van der Waals surface area contributed by atoms with Crippen LogP contribution in [-0.4, -0.2) is 18.4 Å². The first-order valence-electron chi connectivity index (χ1n) is 7.98. The molecule has 0 atom stereocenters. The molecule has 0 saturated carbocycles. The highest BCUT2D eigenvalue weighted by Crippen LogP contribution is 2.24. The molecule has 130 valence electrons. The van der Waals surface area contributed by atoms with Crippen LogP contribution in [0.1, 0.15) is 5.56 Å². The summed E-state index contributed by atoms with van der Waals surface area (Å²) in [4.78, 5) is 19.0. The number of fused-ring (bicyclic) bond motifs is 3. The molecule has 0 radical (unpaired) electrons. The van der Waals surface area contributed by atoms with Crippen molar-refractivity contribution in [2.45, 2.75) is 11.4 Å². The Morgan fingerprint density at radius 2 is 1.65 bits per heavy atom. The van der Waals surface area contributed by atoms with Crippen LogP contribution in [-0.2, 0) is 16.6 Å². The first-order chi connectivity index (χ1) is 12.5. The summed E-state index contributed by atoms with van der Waals surface area (Å²) < 4.78 is 27.9. The lowest BCUT2D eigenvalue weighted by Crippen LogP contribution is -2.23. The van der Waals surface area contributed by atoms with E-state index in [1.165, 1.54) is 6.07 Å². The van der Waals surface area contributed by atoms with Gasteiger partial charge in [-0.25, -0.2) is 13.1 Å². The maximum absolute atomic E-state index is 12.7. The lowest BCUT2D eigenvalue weighted by molar-refractivity contribution is 0.581. The molecule has 7 heteroatoms. The number of benzene rings is 2. The van der Waals surface area contributed by atoms with Gasteiger partial charge in [-0.05, 0) is 47.3 Å². The van der Waals surface area contributed by atoms with Crippen molar-refractivity contribution < 1.29 is 8.42 Å². The molecule has 0 unspecified atom stereocenters.